The first-order valence-corrected chi connectivity index (χ1v) is 7.07. The highest BCUT2D eigenvalue weighted by Gasteiger charge is 2.66. The first-order chi connectivity index (χ1) is 11.1. The Kier molecular flexibility index (Phi) is 4.35. The second-order valence-electron chi connectivity index (χ2n) is 5.84. The van der Waals surface area contributed by atoms with Gasteiger partial charge in [0, 0.05) is 12.8 Å². The van der Waals surface area contributed by atoms with Crippen LogP contribution in [-0.4, -0.2) is 25.0 Å². The maximum atomic E-state index is 14.1. The number of nitrogens with two attached hydrogens (primary N) is 1. The zero-order chi connectivity index (χ0) is 18.3. The van der Waals surface area contributed by atoms with E-state index in [-0.39, 0.29) is 24.5 Å². The summed E-state index contributed by atoms with van der Waals surface area (Å²) in [5.74, 6) is -3.26. The van der Waals surface area contributed by atoms with E-state index in [1.54, 1.807) is 6.92 Å². The number of Topliss-reactive ketones (excluding diaryl/α,β-unsaturated/α-hetero) is 1. The molecule has 0 spiro atoms. The zero-order valence-electron chi connectivity index (χ0n) is 13.0. The van der Waals surface area contributed by atoms with Gasteiger partial charge in [-0.1, -0.05) is 6.92 Å². The van der Waals surface area contributed by atoms with E-state index in [1.807, 2.05) is 0 Å². The zero-order valence-corrected chi connectivity index (χ0v) is 13.0. The Hall–Kier alpha value is -2.50. The van der Waals surface area contributed by atoms with Gasteiger partial charge in [0.1, 0.15) is 22.8 Å². The van der Waals surface area contributed by atoms with Gasteiger partial charge in [0.25, 0.3) is 0 Å². The monoisotopic (exact) mass is 344 g/mol. The second kappa shape index (κ2) is 5.85. The number of halogens is 3. The number of allylic oxidation sites excluding steroid dienone is 3. The molecule has 0 saturated heterocycles. The summed E-state index contributed by atoms with van der Waals surface area (Å²) in [6, 6.07) is 1.36. The van der Waals surface area contributed by atoms with E-state index in [1.165, 1.54) is 6.07 Å². The molecule has 2 aliphatic rings. The number of ketones is 1. The molecule has 9 heteroatoms. The van der Waals surface area contributed by atoms with Crippen molar-refractivity contribution in [3.05, 3.63) is 22.8 Å². The van der Waals surface area contributed by atoms with Crippen LogP contribution in [0.1, 0.15) is 26.2 Å². The predicted octanol–water partition coefficient (Wildman–Crippen LogP) is 2.08. The van der Waals surface area contributed by atoms with Crippen LogP contribution in [0.2, 0.25) is 0 Å². The Morgan fingerprint density at radius 1 is 1.50 bits per heavy atom. The molecular formula is C15H15F3N2O4. The van der Waals surface area contributed by atoms with E-state index in [9.17, 15) is 28.0 Å². The molecule has 0 aromatic carbocycles. The number of carbonyl (C=O) groups excluding carboxylic acids is 2. The average Bonchev–Trinajstić information content (AvgIpc) is 2.44. The lowest BCUT2D eigenvalue weighted by Gasteiger charge is -2.42. The molecule has 1 aliphatic carbocycles. The molecule has 0 saturated carbocycles. The van der Waals surface area contributed by atoms with Crippen LogP contribution in [-0.2, 0) is 19.1 Å². The standard InChI is InChI=1S/C15H15F3N2O4/c1-7-3-9(21)12-10(4-7)24-13(20)8(6-19)14(12,15(16,17)18)5-11(22)23-2/h7H,3-5,20H2,1-2H3/t7-,14-/m0/s1. The van der Waals surface area contributed by atoms with E-state index in [2.05, 4.69) is 4.74 Å². The van der Waals surface area contributed by atoms with Crippen molar-refractivity contribution in [3.63, 3.8) is 0 Å². The number of alkyl halides is 3. The minimum atomic E-state index is -5.11. The molecule has 0 aromatic heterocycles. The van der Waals surface area contributed by atoms with Gasteiger partial charge >= 0.3 is 12.1 Å². The fraction of sp³-hybridized carbons (Fsp3) is 0.533. The van der Waals surface area contributed by atoms with Crippen LogP contribution in [0.25, 0.3) is 0 Å². The molecule has 1 heterocycles. The van der Waals surface area contributed by atoms with Crippen molar-refractivity contribution in [1.82, 2.24) is 0 Å². The first-order valence-electron chi connectivity index (χ1n) is 7.07. The SMILES string of the molecule is COC(=O)C[C@]1(C(F)(F)F)C(C#N)=C(N)OC2=C1C(=O)C[C@H](C)C2. The van der Waals surface area contributed by atoms with Gasteiger partial charge in [-0.3, -0.25) is 9.59 Å². The molecule has 2 rings (SSSR count). The van der Waals surface area contributed by atoms with E-state index in [4.69, 9.17) is 10.5 Å². The lowest BCUT2D eigenvalue weighted by atomic mass is 9.65. The second-order valence-corrected chi connectivity index (χ2v) is 5.84. The first kappa shape index (κ1) is 17.8. The van der Waals surface area contributed by atoms with Gasteiger partial charge in [-0.05, 0) is 5.92 Å². The quantitative estimate of drug-likeness (QED) is 0.770. The Bertz CT molecular complexity index is 702. The molecule has 0 unspecified atom stereocenters. The Morgan fingerprint density at radius 2 is 2.12 bits per heavy atom. The highest BCUT2D eigenvalue weighted by molar-refractivity contribution is 6.00. The smallest absolute Gasteiger partial charge is 0.404 e. The van der Waals surface area contributed by atoms with Gasteiger partial charge in [-0.15, -0.1) is 0 Å². The minimum Gasteiger partial charge on any atom is -0.469 e. The molecule has 0 fully saturated rings. The Balaban J connectivity index is 2.81. The van der Waals surface area contributed by atoms with Crippen molar-refractivity contribution in [2.24, 2.45) is 17.1 Å². The molecule has 1 aliphatic heterocycles. The number of hydrogen-bond acceptors (Lipinski definition) is 6. The van der Waals surface area contributed by atoms with Gasteiger partial charge in [-0.2, -0.15) is 18.4 Å². The van der Waals surface area contributed by atoms with Crippen molar-refractivity contribution in [1.29, 1.82) is 5.26 Å². The molecular weight excluding hydrogens is 329 g/mol. The number of methoxy groups -OCH3 is 1. The van der Waals surface area contributed by atoms with Crippen LogP contribution in [0.5, 0.6) is 0 Å². The van der Waals surface area contributed by atoms with Crippen molar-refractivity contribution < 1.29 is 32.2 Å². The van der Waals surface area contributed by atoms with E-state index in [0.29, 0.717) is 0 Å². The molecule has 0 bridgehead atoms. The van der Waals surface area contributed by atoms with E-state index in [0.717, 1.165) is 7.11 Å². The summed E-state index contributed by atoms with van der Waals surface area (Å²) >= 11 is 0. The fourth-order valence-corrected chi connectivity index (χ4v) is 3.15. The third-order valence-electron chi connectivity index (χ3n) is 4.19. The lowest BCUT2D eigenvalue weighted by Crippen LogP contribution is -2.50. The lowest BCUT2D eigenvalue weighted by molar-refractivity contribution is -0.206. The molecule has 0 amide bonds. The van der Waals surface area contributed by atoms with E-state index < -0.39 is 46.8 Å². The van der Waals surface area contributed by atoms with Crippen LogP contribution in [0.3, 0.4) is 0 Å². The third kappa shape index (κ3) is 2.52. The number of rotatable bonds is 2. The third-order valence-corrected chi connectivity index (χ3v) is 4.19. The fourth-order valence-electron chi connectivity index (χ4n) is 3.15. The van der Waals surface area contributed by atoms with Gasteiger partial charge in [-0.25, -0.2) is 0 Å². The summed E-state index contributed by atoms with van der Waals surface area (Å²) in [4.78, 5) is 24.1. The van der Waals surface area contributed by atoms with Gasteiger partial charge < -0.3 is 15.2 Å². The summed E-state index contributed by atoms with van der Waals surface area (Å²) in [6.45, 7) is 1.68. The van der Waals surface area contributed by atoms with Crippen LogP contribution in [0, 0.1) is 22.7 Å². The number of esters is 1. The molecule has 6 nitrogen and oxygen atoms in total. The van der Waals surface area contributed by atoms with Crippen molar-refractivity contribution in [3.8, 4) is 6.07 Å². The van der Waals surface area contributed by atoms with Crippen LogP contribution >= 0.6 is 0 Å². The summed E-state index contributed by atoms with van der Waals surface area (Å²) in [6.07, 6.45) is -6.45. The minimum absolute atomic E-state index is 0.0550. The number of carbonyl (C=O) groups is 2. The normalized spacial score (nSPS) is 27.3. The van der Waals surface area contributed by atoms with Crippen LogP contribution < -0.4 is 5.73 Å². The highest BCUT2D eigenvalue weighted by atomic mass is 19.4. The van der Waals surface area contributed by atoms with Crippen LogP contribution in [0.15, 0.2) is 22.8 Å². The average molecular weight is 344 g/mol. The topological polar surface area (TPSA) is 102 Å². The highest BCUT2D eigenvalue weighted by Crippen LogP contribution is 2.57. The molecule has 0 aromatic rings. The van der Waals surface area contributed by atoms with Crippen molar-refractivity contribution in [2.45, 2.75) is 32.4 Å². The van der Waals surface area contributed by atoms with Crippen molar-refractivity contribution >= 4 is 11.8 Å². The van der Waals surface area contributed by atoms with Gasteiger partial charge in [0.2, 0.25) is 5.88 Å². The Labute approximate surface area is 135 Å². The van der Waals surface area contributed by atoms with Crippen molar-refractivity contribution in [2.75, 3.05) is 7.11 Å². The van der Waals surface area contributed by atoms with Crippen LogP contribution in [0.4, 0.5) is 13.2 Å². The number of nitrogens with zero attached hydrogens (tertiary/aromatic N) is 1. The predicted molar refractivity (Wildman–Crippen MR) is 73.5 cm³/mol. The number of nitriles is 1. The molecule has 130 valence electrons. The number of hydrogen-bond donors (Lipinski definition) is 1. The maximum absolute atomic E-state index is 14.1. The molecule has 24 heavy (non-hydrogen) atoms. The van der Waals surface area contributed by atoms with Gasteiger partial charge in [0.15, 0.2) is 5.78 Å². The summed E-state index contributed by atoms with van der Waals surface area (Å²) in [5.41, 5.74) is 0.649. The molecule has 2 atom stereocenters. The molecule has 2 N–H and O–H groups in total. The summed E-state index contributed by atoms with van der Waals surface area (Å²) in [5, 5.41) is 9.22. The summed E-state index contributed by atoms with van der Waals surface area (Å²) in [7, 11) is 0.922. The Morgan fingerprint density at radius 3 is 2.62 bits per heavy atom. The summed E-state index contributed by atoms with van der Waals surface area (Å²) < 4.78 is 51.7. The maximum Gasteiger partial charge on any atom is 0.404 e. The van der Waals surface area contributed by atoms with E-state index >= 15 is 0 Å². The largest absolute Gasteiger partial charge is 0.469 e. The number of ether oxygens (including phenoxy) is 2. The van der Waals surface area contributed by atoms with Gasteiger partial charge in [0.05, 0.1) is 19.1 Å². The molecule has 0 radical (unpaired) electrons.